The van der Waals surface area contributed by atoms with Gasteiger partial charge in [-0.2, -0.15) is 0 Å². The minimum absolute atomic E-state index is 0.0950. The lowest BCUT2D eigenvalue weighted by atomic mass is 10.2. The molecule has 1 rings (SSSR count). The van der Waals surface area contributed by atoms with Crippen molar-refractivity contribution in [2.75, 3.05) is 31.6 Å². The highest BCUT2D eigenvalue weighted by molar-refractivity contribution is 5.46. The van der Waals surface area contributed by atoms with Gasteiger partial charge in [-0.05, 0) is 38.6 Å². The van der Waals surface area contributed by atoms with Gasteiger partial charge in [-0.15, -0.1) is 0 Å². The van der Waals surface area contributed by atoms with Crippen molar-refractivity contribution in [3.05, 3.63) is 30.1 Å². The average Bonchev–Trinajstić information content (AvgIpc) is 2.35. The summed E-state index contributed by atoms with van der Waals surface area (Å²) in [7, 11) is 1.83. The van der Waals surface area contributed by atoms with Gasteiger partial charge in [0.2, 0.25) is 0 Å². The van der Waals surface area contributed by atoms with E-state index in [0.29, 0.717) is 0 Å². The van der Waals surface area contributed by atoms with E-state index in [0.717, 1.165) is 25.2 Å². The van der Waals surface area contributed by atoms with Gasteiger partial charge in [0.05, 0.1) is 6.61 Å². The summed E-state index contributed by atoms with van der Waals surface area (Å²) in [6.07, 6.45) is 0.831. The molecule has 0 spiro atoms. The first kappa shape index (κ1) is 13.9. The molecule has 0 aliphatic rings. The molecule has 0 bridgehead atoms. The molecule has 96 valence electrons. The largest absolute Gasteiger partial charge is 0.395 e. The minimum Gasteiger partial charge on any atom is -0.395 e. The number of nitrogens with zero attached hydrogens (tertiary/aromatic N) is 1. The molecular weight excluding hydrogens is 219 g/mol. The summed E-state index contributed by atoms with van der Waals surface area (Å²) < 4.78 is 13.1. The van der Waals surface area contributed by atoms with Gasteiger partial charge in [-0.3, -0.25) is 0 Å². The Morgan fingerprint density at radius 1 is 1.47 bits per heavy atom. The third-order valence-electron chi connectivity index (χ3n) is 2.93. The van der Waals surface area contributed by atoms with Crippen LogP contribution in [0.3, 0.4) is 0 Å². The van der Waals surface area contributed by atoms with E-state index in [4.69, 9.17) is 5.11 Å². The van der Waals surface area contributed by atoms with Gasteiger partial charge in [0.15, 0.2) is 0 Å². The molecule has 1 aromatic rings. The lowest BCUT2D eigenvalue weighted by Crippen LogP contribution is -2.34. The maximum Gasteiger partial charge on any atom is 0.125 e. The van der Waals surface area contributed by atoms with Crippen LogP contribution in [0.25, 0.3) is 0 Å². The van der Waals surface area contributed by atoms with Gasteiger partial charge in [-0.1, -0.05) is 6.07 Å². The maximum atomic E-state index is 13.1. The van der Waals surface area contributed by atoms with Crippen molar-refractivity contribution < 1.29 is 9.50 Å². The summed E-state index contributed by atoms with van der Waals surface area (Å²) in [5.74, 6) is -0.215. The SMILES string of the molecule is CCN(CCC(CO)NC)c1cccc(F)c1. The van der Waals surface area contributed by atoms with E-state index in [1.807, 2.05) is 20.0 Å². The molecule has 4 heteroatoms. The van der Waals surface area contributed by atoms with Crippen molar-refractivity contribution in [1.29, 1.82) is 0 Å². The Bertz CT molecular complexity index is 329. The van der Waals surface area contributed by atoms with Gasteiger partial charge < -0.3 is 15.3 Å². The predicted octanol–water partition coefficient (Wildman–Crippen LogP) is 1.62. The Kier molecular flexibility index (Phi) is 5.94. The second-order valence-electron chi connectivity index (χ2n) is 4.02. The Balaban J connectivity index is 2.59. The highest BCUT2D eigenvalue weighted by atomic mass is 19.1. The van der Waals surface area contributed by atoms with Gasteiger partial charge in [0.1, 0.15) is 5.82 Å². The first-order valence-corrected chi connectivity index (χ1v) is 5.99. The van der Waals surface area contributed by atoms with Crippen molar-refractivity contribution in [3.63, 3.8) is 0 Å². The van der Waals surface area contributed by atoms with Crippen molar-refractivity contribution >= 4 is 5.69 Å². The van der Waals surface area contributed by atoms with E-state index in [-0.39, 0.29) is 18.5 Å². The third kappa shape index (κ3) is 4.32. The summed E-state index contributed by atoms with van der Waals surface area (Å²) >= 11 is 0. The lowest BCUT2D eigenvalue weighted by molar-refractivity contribution is 0.243. The number of benzene rings is 1. The molecule has 0 radical (unpaired) electrons. The molecule has 3 nitrogen and oxygen atoms in total. The molecule has 0 fully saturated rings. The Labute approximate surface area is 102 Å². The second kappa shape index (κ2) is 7.25. The van der Waals surface area contributed by atoms with Gasteiger partial charge in [0, 0.05) is 24.8 Å². The number of hydrogen-bond acceptors (Lipinski definition) is 3. The summed E-state index contributed by atoms with van der Waals surface area (Å²) in [4.78, 5) is 2.10. The quantitative estimate of drug-likeness (QED) is 0.760. The smallest absolute Gasteiger partial charge is 0.125 e. The number of likely N-dealkylation sites (N-methyl/N-ethyl adjacent to an activating group) is 1. The van der Waals surface area contributed by atoms with Crippen LogP contribution < -0.4 is 10.2 Å². The van der Waals surface area contributed by atoms with Crippen LogP contribution in [0.15, 0.2) is 24.3 Å². The highest BCUT2D eigenvalue weighted by Crippen LogP contribution is 2.15. The molecular formula is C13H21FN2O. The van der Waals surface area contributed by atoms with E-state index in [1.54, 1.807) is 6.07 Å². The predicted molar refractivity (Wildman–Crippen MR) is 68.8 cm³/mol. The normalized spacial score (nSPS) is 12.5. The fraction of sp³-hybridized carbons (Fsp3) is 0.538. The molecule has 1 aromatic carbocycles. The van der Waals surface area contributed by atoms with Crippen molar-refractivity contribution in [2.45, 2.75) is 19.4 Å². The summed E-state index contributed by atoms with van der Waals surface area (Å²) in [6, 6.07) is 6.70. The second-order valence-corrected chi connectivity index (χ2v) is 4.02. The zero-order valence-corrected chi connectivity index (χ0v) is 10.5. The van der Waals surface area contributed by atoms with Gasteiger partial charge in [-0.25, -0.2) is 4.39 Å². The van der Waals surface area contributed by atoms with Crippen LogP contribution in [-0.2, 0) is 0 Å². The van der Waals surface area contributed by atoms with Crippen LogP contribution in [0.4, 0.5) is 10.1 Å². The van der Waals surface area contributed by atoms with Crippen molar-refractivity contribution in [2.24, 2.45) is 0 Å². The van der Waals surface area contributed by atoms with Crippen LogP contribution in [0.5, 0.6) is 0 Å². The lowest BCUT2D eigenvalue weighted by Gasteiger charge is -2.25. The molecule has 0 amide bonds. The summed E-state index contributed by atoms with van der Waals surface area (Å²) in [5.41, 5.74) is 0.889. The Hall–Kier alpha value is -1.13. The van der Waals surface area contributed by atoms with Crippen LogP contribution in [0, 0.1) is 5.82 Å². The molecule has 2 N–H and O–H groups in total. The van der Waals surface area contributed by atoms with Gasteiger partial charge >= 0.3 is 0 Å². The molecule has 1 unspecified atom stereocenters. The van der Waals surface area contributed by atoms with Crippen LogP contribution in [-0.4, -0.2) is 37.9 Å². The minimum atomic E-state index is -0.215. The number of hydrogen-bond donors (Lipinski definition) is 2. The van der Waals surface area contributed by atoms with Crippen molar-refractivity contribution in [3.8, 4) is 0 Å². The van der Waals surface area contributed by atoms with E-state index < -0.39 is 0 Å². The fourth-order valence-electron chi connectivity index (χ4n) is 1.78. The Morgan fingerprint density at radius 2 is 2.24 bits per heavy atom. The fourth-order valence-corrected chi connectivity index (χ4v) is 1.78. The number of anilines is 1. The number of nitrogens with one attached hydrogen (secondary N) is 1. The number of aliphatic hydroxyl groups is 1. The van der Waals surface area contributed by atoms with E-state index in [2.05, 4.69) is 10.2 Å². The first-order valence-electron chi connectivity index (χ1n) is 5.99. The molecule has 17 heavy (non-hydrogen) atoms. The molecule has 0 aliphatic carbocycles. The van der Waals surface area contributed by atoms with Crippen LogP contribution in [0.2, 0.25) is 0 Å². The monoisotopic (exact) mass is 240 g/mol. The zero-order valence-electron chi connectivity index (χ0n) is 10.5. The average molecular weight is 240 g/mol. The first-order chi connectivity index (χ1) is 8.21. The van der Waals surface area contributed by atoms with Crippen LogP contribution >= 0.6 is 0 Å². The summed E-state index contributed by atoms with van der Waals surface area (Å²) in [5, 5.41) is 12.1. The van der Waals surface area contributed by atoms with E-state index in [1.165, 1.54) is 12.1 Å². The van der Waals surface area contributed by atoms with Gasteiger partial charge in [0.25, 0.3) is 0 Å². The van der Waals surface area contributed by atoms with E-state index >= 15 is 0 Å². The Morgan fingerprint density at radius 3 is 2.76 bits per heavy atom. The van der Waals surface area contributed by atoms with Crippen molar-refractivity contribution in [1.82, 2.24) is 5.32 Å². The highest BCUT2D eigenvalue weighted by Gasteiger charge is 2.09. The molecule has 0 saturated carbocycles. The standard InChI is InChI=1S/C13H21FN2O/c1-3-16(8-7-12(10-17)15-2)13-6-4-5-11(14)9-13/h4-6,9,12,15,17H,3,7-8,10H2,1-2H3. The van der Waals surface area contributed by atoms with E-state index in [9.17, 15) is 4.39 Å². The molecule has 0 aromatic heterocycles. The zero-order chi connectivity index (χ0) is 12.7. The molecule has 1 atom stereocenters. The molecule has 0 aliphatic heterocycles. The number of halogens is 1. The number of rotatable bonds is 7. The third-order valence-corrected chi connectivity index (χ3v) is 2.93. The number of aliphatic hydroxyl groups excluding tert-OH is 1. The maximum absolute atomic E-state index is 13.1. The van der Waals surface area contributed by atoms with Crippen LogP contribution in [0.1, 0.15) is 13.3 Å². The summed E-state index contributed by atoms with van der Waals surface area (Å²) in [6.45, 7) is 3.78. The molecule has 0 saturated heterocycles. The topological polar surface area (TPSA) is 35.5 Å². The molecule has 0 heterocycles.